The van der Waals surface area contributed by atoms with Gasteiger partial charge in [-0.2, -0.15) is 0 Å². The molecular formula is C21H19Cl2N3O. The largest absolute Gasteiger partial charge is 0.348 e. The van der Waals surface area contributed by atoms with Crippen LogP contribution in [0.5, 0.6) is 0 Å². The number of pyridine rings is 1. The molecule has 6 heteroatoms. The summed E-state index contributed by atoms with van der Waals surface area (Å²) in [6.45, 7) is 2.71. The maximum Gasteiger partial charge on any atom is 0.251 e. The first-order chi connectivity index (χ1) is 13.0. The number of halogens is 2. The summed E-state index contributed by atoms with van der Waals surface area (Å²) in [7, 11) is 0. The maximum absolute atomic E-state index is 12.7. The van der Waals surface area contributed by atoms with E-state index in [1.807, 2.05) is 31.2 Å². The number of carbonyl (C=O) groups is 1. The van der Waals surface area contributed by atoms with Crippen molar-refractivity contribution in [3.8, 4) is 11.1 Å². The van der Waals surface area contributed by atoms with E-state index in [-0.39, 0.29) is 5.91 Å². The van der Waals surface area contributed by atoms with E-state index in [2.05, 4.69) is 10.3 Å². The number of aromatic nitrogens is 1. The van der Waals surface area contributed by atoms with E-state index in [1.54, 1.807) is 30.6 Å². The Kier molecular flexibility index (Phi) is 6.11. The molecule has 27 heavy (non-hydrogen) atoms. The van der Waals surface area contributed by atoms with Crippen molar-refractivity contribution in [2.45, 2.75) is 20.0 Å². The second kappa shape index (κ2) is 8.53. The number of hydrogen-bond acceptors (Lipinski definition) is 3. The number of aryl methyl sites for hydroxylation is 1. The standard InChI is InChI=1S/C21H19Cl2N3O/c1-13-4-5-25-12-18(13)16-6-15(10-24)7-17(9-16)21(27)26-11-14-2-3-19(22)20(23)8-14/h2-9,12H,10-11,24H2,1H3,(H,26,27). The molecule has 1 aromatic heterocycles. The first-order valence-corrected chi connectivity index (χ1v) is 9.20. The van der Waals surface area contributed by atoms with Gasteiger partial charge < -0.3 is 11.1 Å². The van der Waals surface area contributed by atoms with Crippen LogP contribution in [-0.4, -0.2) is 10.9 Å². The van der Waals surface area contributed by atoms with Crippen molar-refractivity contribution >= 4 is 29.1 Å². The van der Waals surface area contributed by atoms with Gasteiger partial charge in [0, 0.05) is 36.6 Å². The van der Waals surface area contributed by atoms with E-state index in [4.69, 9.17) is 28.9 Å². The Morgan fingerprint density at radius 2 is 1.89 bits per heavy atom. The zero-order valence-corrected chi connectivity index (χ0v) is 16.3. The fraction of sp³-hybridized carbons (Fsp3) is 0.143. The highest BCUT2D eigenvalue weighted by molar-refractivity contribution is 6.42. The molecule has 3 aromatic rings. The van der Waals surface area contributed by atoms with Crippen LogP contribution in [0.15, 0.2) is 54.9 Å². The predicted octanol–water partition coefficient (Wildman–Crippen LogP) is 4.75. The Morgan fingerprint density at radius 1 is 1.07 bits per heavy atom. The summed E-state index contributed by atoms with van der Waals surface area (Å²) < 4.78 is 0. The van der Waals surface area contributed by atoms with Gasteiger partial charge in [0.2, 0.25) is 0 Å². The Labute approximate surface area is 168 Å². The molecule has 2 aromatic carbocycles. The van der Waals surface area contributed by atoms with E-state index in [1.165, 1.54) is 0 Å². The minimum atomic E-state index is -0.181. The summed E-state index contributed by atoms with van der Waals surface area (Å²) in [5.74, 6) is -0.181. The van der Waals surface area contributed by atoms with E-state index in [9.17, 15) is 4.79 Å². The molecule has 0 spiro atoms. The summed E-state index contributed by atoms with van der Waals surface area (Å²) >= 11 is 11.9. The van der Waals surface area contributed by atoms with Crippen molar-refractivity contribution in [2.24, 2.45) is 5.73 Å². The van der Waals surface area contributed by atoms with Crippen LogP contribution in [0, 0.1) is 6.92 Å². The van der Waals surface area contributed by atoms with Crippen molar-refractivity contribution in [3.05, 3.63) is 87.2 Å². The molecule has 1 amide bonds. The fourth-order valence-electron chi connectivity index (χ4n) is 2.80. The molecule has 0 unspecified atom stereocenters. The molecule has 0 aliphatic heterocycles. The van der Waals surface area contributed by atoms with Crippen LogP contribution in [0.1, 0.15) is 27.0 Å². The van der Waals surface area contributed by atoms with Crippen molar-refractivity contribution in [1.29, 1.82) is 0 Å². The summed E-state index contributed by atoms with van der Waals surface area (Å²) in [5.41, 5.74) is 11.1. The van der Waals surface area contributed by atoms with Gasteiger partial charge >= 0.3 is 0 Å². The minimum absolute atomic E-state index is 0.181. The third-order valence-corrected chi connectivity index (χ3v) is 5.02. The van der Waals surface area contributed by atoms with Gasteiger partial charge in [0.15, 0.2) is 0 Å². The van der Waals surface area contributed by atoms with Crippen molar-refractivity contribution in [2.75, 3.05) is 0 Å². The average molecular weight is 400 g/mol. The highest BCUT2D eigenvalue weighted by atomic mass is 35.5. The molecule has 1 heterocycles. The maximum atomic E-state index is 12.7. The Hall–Kier alpha value is -2.40. The lowest BCUT2D eigenvalue weighted by Gasteiger charge is -2.11. The molecule has 0 radical (unpaired) electrons. The van der Waals surface area contributed by atoms with Crippen LogP contribution >= 0.6 is 23.2 Å². The molecule has 0 fully saturated rings. The number of hydrogen-bond donors (Lipinski definition) is 2. The van der Waals surface area contributed by atoms with Crippen molar-refractivity contribution in [3.63, 3.8) is 0 Å². The number of amides is 1. The summed E-state index contributed by atoms with van der Waals surface area (Å²) in [5, 5.41) is 3.86. The molecule has 138 valence electrons. The van der Waals surface area contributed by atoms with Crippen molar-refractivity contribution in [1.82, 2.24) is 10.3 Å². The first kappa shape index (κ1) is 19.4. The van der Waals surface area contributed by atoms with Crippen LogP contribution in [0.4, 0.5) is 0 Å². The topological polar surface area (TPSA) is 68.0 Å². The molecular weight excluding hydrogens is 381 g/mol. The number of nitrogens with two attached hydrogens (primary N) is 1. The van der Waals surface area contributed by atoms with Gasteiger partial charge in [-0.05, 0) is 65.6 Å². The predicted molar refractivity (Wildman–Crippen MR) is 110 cm³/mol. The summed E-state index contributed by atoms with van der Waals surface area (Å²) in [4.78, 5) is 16.9. The number of nitrogens with zero attached hydrogens (tertiary/aromatic N) is 1. The third kappa shape index (κ3) is 4.66. The molecule has 4 nitrogen and oxygen atoms in total. The average Bonchev–Trinajstić information content (AvgIpc) is 2.68. The van der Waals surface area contributed by atoms with Gasteiger partial charge in [0.25, 0.3) is 5.91 Å². The second-order valence-electron chi connectivity index (χ2n) is 6.24. The second-order valence-corrected chi connectivity index (χ2v) is 7.06. The number of benzene rings is 2. The molecule has 3 rings (SSSR count). The van der Waals surface area contributed by atoms with E-state index in [0.717, 1.165) is 27.8 Å². The van der Waals surface area contributed by atoms with Crippen LogP contribution in [0.2, 0.25) is 10.0 Å². The van der Waals surface area contributed by atoms with Gasteiger partial charge in [-0.15, -0.1) is 0 Å². The zero-order chi connectivity index (χ0) is 19.4. The smallest absolute Gasteiger partial charge is 0.251 e. The van der Waals surface area contributed by atoms with Crippen LogP contribution in [0.25, 0.3) is 11.1 Å². The van der Waals surface area contributed by atoms with Crippen LogP contribution < -0.4 is 11.1 Å². The van der Waals surface area contributed by atoms with Gasteiger partial charge in [-0.3, -0.25) is 9.78 Å². The van der Waals surface area contributed by atoms with Crippen LogP contribution in [0.3, 0.4) is 0 Å². The molecule has 0 atom stereocenters. The molecule has 0 bridgehead atoms. The number of nitrogens with one attached hydrogen (secondary N) is 1. The van der Waals surface area contributed by atoms with Gasteiger partial charge in [0.05, 0.1) is 10.0 Å². The fourth-order valence-corrected chi connectivity index (χ4v) is 3.12. The third-order valence-electron chi connectivity index (χ3n) is 4.28. The Morgan fingerprint density at radius 3 is 2.59 bits per heavy atom. The zero-order valence-electron chi connectivity index (χ0n) is 14.8. The highest BCUT2D eigenvalue weighted by Gasteiger charge is 2.11. The summed E-state index contributed by atoms with van der Waals surface area (Å²) in [6, 6.07) is 12.9. The van der Waals surface area contributed by atoms with Gasteiger partial charge in [0.1, 0.15) is 0 Å². The molecule has 0 saturated carbocycles. The van der Waals surface area contributed by atoms with Crippen molar-refractivity contribution < 1.29 is 4.79 Å². The molecule has 0 saturated heterocycles. The minimum Gasteiger partial charge on any atom is -0.348 e. The SMILES string of the molecule is Cc1ccncc1-c1cc(CN)cc(C(=O)NCc2ccc(Cl)c(Cl)c2)c1. The lowest BCUT2D eigenvalue weighted by atomic mass is 9.97. The van der Waals surface area contributed by atoms with E-state index >= 15 is 0 Å². The number of carbonyl (C=O) groups excluding carboxylic acids is 1. The normalized spacial score (nSPS) is 10.7. The van der Waals surface area contributed by atoms with E-state index in [0.29, 0.717) is 28.7 Å². The van der Waals surface area contributed by atoms with Gasteiger partial charge in [-0.1, -0.05) is 29.3 Å². The number of rotatable bonds is 5. The van der Waals surface area contributed by atoms with Crippen LogP contribution in [-0.2, 0) is 13.1 Å². The Bertz CT molecular complexity index is 989. The quantitative estimate of drug-likeness (QED) is 0.649. The summed E-state index contributed by atoms with van der Waals surface area (Å²) in [6.07, 6.45) is 3.54. The monoisotopic (exact) mass is 399 g/mol. The highest BCUT2D eigenvalue weighted by Crippen LogP contribution is 2.25. The molecule has 0 aliphatic carbocycles. The lowest BCUT2D eigenvalue weighted by Crippen LogP contribution is -2.23. The Balaban J connectivity index is 1.84. The van der Waals surface area contributed by atoms with Gasteiger partial charge in [-0.25, -0.2) is 0 Å². The first-order valence-electron chi connectivity index (χ1n) is 8.45. The molecule has 0 aliphatic rings. The van der Waals surface area contributed by atoms with E-state index < -0.39 is 0 Å². The lowest BCUT2D eigenvalue weighted by molar-refractivity contribution is 0.0951. The molecule has 3 N–H and O–H groups in total.